The Morgan fingerprint density at radius 1 is 1.17 bits per heavy atom. The average Bonchev–Trinajstić information content (AvgIpc) is 2.78. The topological polar surface area (TPSA) is 35.8 Å². The summed E-state index contributed by atoms with van der Waals surface area (Å²) < 4.78 is 0. The number of hydrogen-bond acceptors (Lipinski definition) is 2. The summed E-state index contributed by atoms with van der Waals surface area (Å²) in [6.45, 7) is 3.12. The maximum absolute atomic E-state index is 8.94. The van der Waals surface area contributed by atoms with E-state index in [2.05, 4.69) is 48.6 Å². The van der Waals surface area contributed by atoms with Gasteiger partial charge in [-0.3, -0.25) is 0 Å². The molecule has 2 heteroatoms. The van der Waals surface area contributed by atoms with Crippen LogP contribution < -0.4 is 5.32 Å². The van der Waals surface area contributed by atoms with Gasteiger partial charge in [0.25, 0.3) is 0 Å². The van der Waals surface area contributed by atoms with Crippen molar-refractivity contribution in [2.75, 3.05) is 11.9 Å². The van der Waals surface area contributed by atoms with E-state index in [9.17, 15) is 0 Å². The molecular formula is C16H14N2. The van der Waals surface area contributed by atoms with Crippen LogP contribution in [0.25, 0.3) is 0 Å². The van der Waals surface area contributed by atoms with Crippen molar-refractivity contribution < 1.29 is 0 Å². The highest BCUT2D eigenvalue weighted by molar-refractivity contribution is 5.66. The molecule has 1 N–H and O–H groups in total. The van der Waals surface area contributed by atoms with Crippen LogP contribution in [0.5, 0.6) is 0 Å². The van der Waals surface area contributed by atoms with Gasteiger partial charge in [-0.2, -0.15) is 5.26 Å². The van der Waals surface area contributed by atoms with Gasteiger partial charge in [-0.25, -0.2) is 0 Å². The van der Waals surface area contributed by atoms with Crippen LogP contribution in [0.3, 0.4) is 0 Å². The van der Waals surface area contributed by atoms with Gasteiger partial charge in [0.2, 0.25) is 0 Å². The first kappa shape index (κ1) is 10.9. The first-order valence-corrected chi connectivity index (χ1v) is 6.08. The number of hydrogen-bond donors (Lipinski definition) is 1. The number of fused-ring (bicyclic) bond motifs is 1. The zero-order valence-corrected chi connectivity index (χ0v) is 10.3. The quantitative estimate of drug-likeness (QED) is 0.821. The smallest absolute Gasteiger partial charge is 0.0992 e. The summed E-state index contributed by atoms with van der Waals surface area (Å²) in [5.41, 5.74) is 4.36. The summed E-state index contributed by atoms with van der Waals surface area (Å²) in [5, 5.41) is 12.4. The van der Waals surface area contributed by atoms with Gasteiger partial charge >= 0.3 is 0 Å². The van der Waals surface area contributed by atoms with Gasteiger partial charge in [0.1, 0.15) is 0 Å². The van der Waals surface area contributed by atoms with Crippen molar-refractivity contribution in [3.8, 4) is 6.07 Å². The van der Waals surface area contributed by atoms with Crippen LogP contribution in [-0.2, 0) is 5.41 Å². The Labute approximate surface area is 107 Å². The Morgan fingerprint density at radius 3 is 2.67 bits per heavy atom. The molecule has 3 rings (SSSR count). The van der Waals surface area contributed by atoms with Crippen molar-refractivity contribution in [1.82, 2.24) is 0 Å². The molecule has 0 bridgehead atoms. The third-order valence-corrected chi connectivity index (χ3v) is 3.79. The molecule has 1 atom stereocenters. The molecule has 88 valence electrons. The minimum absolute atomic E-state index is 0.00935. The van der Waals surface area contributed by atoms with Crippen molar-refractivity contribution in [2.24, 2.45) is 0 Å². The predicted molar refractivity (Wildman–Crippen MR) is 72.5 cm³/mol. The van der Waals surface area contributed by atoms with Crippen LogP contribution in [0.2, 0.25) is 0 Å². The van der Waals surface area contributed by atoms with Crippen LogP contribution in [0.4, 0.5) is 5.69 Å². The second kappa shape index (κ2) is 3.89. The molecule has 0 radical (unpaired) electrons. The largest absolute Gasteiger partial charge is 0.384 e. The molecule has 18 heavy (non-hydrogen) atoms. The molecule has 0 saturated carbocycles. The summed E-state index contributed by atoms with van der Waals surface area (Å²) in [6, 6.07) is 18.6. The standard InChI is InChI=1S/C16H14N2/c1-16(13-5-3-2-4-6-13)11-18-15-9-12(10-17)7-8-14(15)16/h2-9,18H,11H2,1H3. The van der Waals surface area contributed by atoms with E-state index in [1.54, 1.807) is 0 Å². The SMILES string of the molecule is CC1(c2ccccc2)CNc2cc(C#N)ccc21. The van der Waals surface area contributed by atoms with E-state index in [-0.39, 0.29) is 5.41 Å². The number of benzene rings is 2. The Balaban J connectivity index is 2.13. The molecule has 1 unspecified atom stereocenters. The molecule has 0 fully saturated rings. The van der Waals surface area contributed by atoms with E-state index in [4.69, 9.17) is 5.26 Å². The maximum atomic E-state index is 8.94. The van der Waals surface area contributed by atoms with Crippen molar-refractivity contribution in [1.29, 1.82) is 5.26 Å². The molecule has 1 heterocycles. The van der Waals surface area contributed by atoms with E-state index in [0.29, 0.717) is 5.56 Å². The first-order valence-electron chi connectivity index (χ1n) is 6.08. The molecule has 2 aromatic carbocycles. The van der Waals surface area contributed by atoms with Gasteiger partial charge in [-0.05, 0) is 30.2 Å². The lowest BCUT2D eigenvalue weighted by molar-refractivity contribution is 0.636. The first-order chi connectivity index (χ1) is 8.74. The fourth-order valence-corrected chi connectivity index (χ4v) is 2.67. The molecule has 0 saturated heterocycles. The Morgan fingerprint density at radius 2 is 1.94 bits per heavy atom. The van der Waals surface area contributed by atoms with Gasteiger partial charge in [-0.15, -0.1) is 0 Å². The molecule has 2 nitrogen and oxygen atoms in total. The number of nitrogens with one attached hydrogen (secondary N) is 1. The highest BCUT2D eigenvalue weighted by Crippen LogP contribution is 2.41. The number of anilines is 1. The molecule has 2 aromatic rings. The molecule has 0 aromatic heterocycles. The fraction of sp³-hybridized carbons (Fsp3) is 0.188. The van der Waals surface area contributed by atoms with Crippen molar-refractivity contribution in [3.05, 3.63) is 65.2 Å². The number of rotatable bonds is 1. The second-order valence-corrected chi connectivity index (χ2v) is 4.92. The lowest BCUT2D eigenvalue weighted by atomic mass is 9.78. The normalized spacial score (nSPS) is 20.9. The summed E-state index contributed by atoms with van der Waals surface area (Å²) in [4.78, 5) is 0. The number of nitriles is 1. The summed E-state index contributed by atoms with van der Waals surface area (Å²) in [7, 11) is 0. The van der Waals surface area contributed by atoms with E-state index in [1.807, 2.05) is 18.2 Å². The second-order valence-electron chi connectivity index (χ2n) is 4.92. The Hall–Kier alpha value is -2.27. The van der Waals surface area contributed by atoms with Gasteiger partial charge in [0.15, 0.2) is 0 Å². The lowest BCUT2D eigenvalue weighted by Crippen LogP contribution is -2.25. The average molecular weight is 234 g/mol. The molecular weight excluding hydrogens is 220 g/mol. The summed E-state index contributed by atoms with van der Waals surface area (Å²) in [6.07, 6.45) is 0. The maximum Gasteiger partial charge on any atom is 0.0992 e. The molecule has 0 aliphatic carbocycles. The van der Waals surface area contributed by atoms with E-state index < -0.39 is 0 Å². The van der Waals surface area contributed by atoms with Gasteiger partial charge in [0.05, 0.1) is 11.6 Å². The minimum Gasteiger partial charge on any atom is -0.384 e. The van der Waals surface area contributed by atoms with Crippen LogP contribution in [-0.4, -0.2) is 6.54 Å². The van der Waals surface area contributed by atoms with E-state index >= 15 is 0 Å². The van der Waals surface area contributed by atoms with Crippen LogP contribution in [0.15, 0.2) is 48.5 Å². The van der Waals surface area contributed by atoms with Crippen LogP contribution in [0, 0.1) is 11.3 Å². The van der Waals surface area contributed by atoms with Crippen LogP contribution >= 0.6 is 0 Å². The summed E-state index contributed by atoms with van der Waals surface area (Å²) in [5.74, 6) is 0. The highest BCUT2D eigenvalue weighted by Gasteiger charge is 2.35. The molecule has 0 spiro atoms. The minimum atomic E-state index is -0.00935. The molecule has 0 amide bonds. The zero-order chi connectivity index (χ0) is 12.6. The van der Waals surface area contributed by atoms with Crippen molar-refractivity contribution >= 4 is 5.69 Å². The third kappa shape index (κ3) is 1.48. The van der Waals surface area contributed by atoms with Crippen LogP contribution in [0.1, 0.15) is 23.6 Å². The molecule has 1 aliphatic heterocycles. The molecule has 1 aliphatic rings. The Kier molecular flexibility index (Phi) is 2.34. The van der Waals surface area contributed by atoms with E-state index in [0.717, 1.165) is 12.2 Å². The zero-order valence-electron chi connectivity index (χ0n) is 10.3. The van der Waals surface area contributed by atoms with Gasteiger partial charge < -0.3 is 5.32 Å². The lowest BCUT2D eigenvalue weighted by Gasteiger charge is -2.24. The third-order valence-electron chi connectivity index (χ3n) is 3.79. The fourth-order valence-electron chi connectivity index (χ4n) is 2.67. The number of nitrogens with zero attached hydrogens (tertiary/aromatic N) is 1. The van der Waals surface area contributed by atoms with Gasteiger partial charge in [-0.1, -0.05) is 36.4 Å². The Bertz CT molecular complexity index is 625. The van der Waals surface area contributed by atoms with Crippen molar-refractivity contribution in [2.45, 2.75) is 12.3 Å². The highest BCUT2D eigenvalue weighted by atomic mass is 14.9. The van der Waals surface area contributed by atoms with Crippen molar-refractivity contribution in [3.63, 3.8) is 0 Å². The van der Waals surface area contributed by atoms with E-state index in [1.165, 1.54) is 11.1 Å². The monoisotopic (exact) mass is 234 g/mol. The summed E-state index contributed by atoms with van der Waals surface area (Å²) >= 11 is 0. The van der Waals surface area contributed by atoms with Gasteiger partial charge in [0, 0.05) is 17.6 Å². The predicted octanol–water partition coefficient (Wildman–Crippen LogP) is 3.29.